The van der Waals surface area contributed by atoms with E-state index in [1.165, 1.54) is 13.8 Å². The summed E-state index contributed by atoms with van der Waals surface area (Å²) < 4.78 is 0. The third kappa shape index (κ3) is 12.0. The molecule has 50 valence electrons. The van der Waals surface area contributed by atoms with Gasteiger partial charge in [-0.15, -0.1) is 0 Å². The SMILES string of the molecule is CC(C)(O)CC(=O)O.[Ca]. The van der Waals surface area contributed by atoms with Crippen molar-refractivity contribution in [1.82, 2.24) is 0 Å². The van der Waals surface area contributed by atoms with Crippen molar-refractivity contribution in [3.63, 3.8) is 0 Å². The first-order valence-electron chi connectivity index (χ1n) is 2.36. The summed E-state index contributed by atoms with van der Waals surface area (Å²) in [7, 11) is 0. The van der Waals surface area contributed by atoms with Crippen LogP contribution in [0.3, 0.4) is 0 Å². The molecular weight excluding hydrogens is 148 g/mol. The van der Waals surface area contributed by atoms with E-state index in [1.807, 2.05) is 0 Å². The van der Waals surface area contributed by atoms with Crippen LogP contribution in [0.1, 0.15) is 20.3 Å². The van der Waals surface area contributed by atoms with Gasteiger partial charge in [-0.1, -0.05) is 0 Å². The van der Waals surface area contributed by atoms with Gasteiger partial charge in [-0.05, 0) is 13.8 Å². The summed E-state index contributed by atoms with van der Waals surface area (Å²) in [6.45, 7) is 2.92. The number of hydrogen-bond acceptors (Lipinski definition) is 2. The second-order valence-corrected chi connectivity index (χ2v) is 2.38. The first-order valence-corrected chi connectivity index (χ1v) is 2.36. The van der Waals surface area contributed by atoms with Gasteiger partial charge in [0.15, 0.2) is 0 Å². The quantitative estimate of drug-likeness (QED) is 0.549. The van der Waals surface area contributed by atoms with Gasteiger partial charge in [-0.3, -0.25) is 4.79 Å². The Morgan fingerprint density at radius 2 is 1.89 bits per heavy atom. The molecule has 0 spiro atoms. The van der Waals surface area contributed by atoms with Crippen molar-refractivity contribution >= 4 is 43.7 Å². The zero-order chi connectivity index (χ0) is 6.78. The summed E-state index contributed by atoms with van der Waals surface area (Å²) >= 11 is 0. The number of rotatable bonds is 2. The Balaban J connectivity index is 0. The topological polar surface area (TPSA) is 57.5 Å². The minimum atomic E-state index is -1.08. The Labute approximate surface area is 84.1 Å². The van der Waals surface area contributed by atoms with Gasteiger partial charge < -0.3 is 10.2 Å². The average Bonchev–Trinajstić information content (AvgIpc) is 1.21. The Morgan fingerprint density at radius 1 is 1.56 bits per heavy atom. The Morgan fingerprint density at radius 3 is 1.89 bits per heavy atom. The fraction of sp³-hybridized carbons (Fsp3) is 0.800. The molecule has 0 unspecified atom stereocenters. The van der Waals surface area contributed by atoms with E-state index in [0.717, 1.165) is 0 Å². The molecule has 3 nitrogen and oxygen atoms in total. The van der Waals surface area contributed by atoms with E-state index >= 15 is 0 Å². The number of carbonyl (C=O) groups is 1. The predicted octanol–water partition coefficient (Wildman–Crippen LogP) is -0.149. The maximum atomic E-state index is 9.85. The van der Waals surface area contributed by atoms with Crippen molar-refractivity contribution in [1.29, 1.82) is 0 Å². The number of hydrogen-bond donors (Lipinski definition) is 2. The summed E-state index contributed by atoms with van der Waals surface area (Å²) in [5, 5.41) is 16.9. The molecular formula is C5H10CaO3. The summed E-state index contributed by atoms with van der Waals surface area (Å²) in [6.07, 6.45) is -0.201. The Bertz CT molecular complexity index is 94.9. The zero-order valence-corrected chi connectivity index (χ0v) is 7.93. The van der Waals surface area contributed by atoms with Gasteiger partial charge in [0.25, 0.3) is 0 Å². The minimum Gasteiger partial charge on any atom is -0.481 e. The molecule has 0 saturated heterocycles. The smallest absolute Gasteiger partial charge is 0.306 e. The summed E-state index contributed by atoms with van der Waals surface area (Å²) in [5.41, 5.74) is -1.08. The minimum absolute atomic E-state index is 0. The van der Waals surface area contributed by atoms with Crippen molar-refractivity contribution in [3.8, 4) is 0 Å². The average molecular weight is 158 g/mol. The molecule has 0 aromatic heterocycles. The van der Waals surface area contributed by atoms with Crippen molar-refractivity contribution < 1.29 is 15.0 Å². The van der Waals surface area contributed by atoms with Crippen LogP contribution in [0.5, 0.6) is 0 Å². The standard InChI is InChI=1S/C5H10O3.Ca/c1-5(2,8)3-4(6)7;/h8H,3H2,1-2H3,(H,6,7);. The van der Waals surface area contributed by atoms with E-state index in [-0.39, 0.29) is 44.2 Å². The Hall–Kier alpha value is 0.690. The maximum absolute atomic E-state index is 9.85. The van der Waals surface area contributed by atoms with Gasteiger partial charge in [0.1, 0.15) is 0 Å². The maximum Gasteiger partial charge on any atom is 0.306 e. The van der Waals surface area contributed by atoms with Gasteiger partial charge in [0, 0.05) is 37.7 Å². The van der Waals surface area contributed by atoms with E-state index in [1.54, 1.807) is 0 Å². The summed E-state index contributed by atoms with van der Waals surface area (Å²) in [4.78, 5) is 9.85. The second-order valence-electron chi connectivity index (χ2n) is 2.38. The molecule has 0 aromatic rings. The normalized spacial score (nSPS) is 10.1. The third-order valence-corrected chi connectivity index (χ3v) is 0.584. The fourth-order valence-corrected chi connectivity index (χ4v) is 0.370. The van der Waals surface area contributed by atoms with Crippen LogP contribution >= 0.6 is 0 Å². The molecule has 0 heterocycles. The molecule has 0 aliphatic rings. The molecule has 0 fully saturated rings. The molecule has 0 saturated carbocycles. The Kier molecular flexibility index (Phi) is 6.18. The number of aliphatic hydroxyl groups is 1. The van der Waals surface area contributed by atoms with Crippen molar-refractivity contribution in [3.05, 3.63) is 0 Å². The second kappa shape index (κ2) is 4.50. The first-order chi connectivity index (χ1) is 3.42. The number of aliphatic carboxylic acids is 1. The number of carboxylic acid groups (broad SMARTS) is 1. The predicted molar refractivity (Wildman–Crippen MR) is 34.3 cm³/mol. The molecule has 0 amide bonds. The first kappa shape index (κ1) is 12.4. The molecule has 4 heteroatoms. The molecule has 0 atom stereocenters. The van der Waals surface area contributed by atoms with Crippen LogP contribution in [0, 0.1) is 0 Å². The van der Waals surface area contributed by atoms with Gasteiger partial charge in [-0.25, -0.2) is 0 Å². The van der Waals surface area contributed by atoms with Gasteiger partial charge >= 0.3 is 5.97 Å². The van der Waals surface area contributed by atoms with Crippen LogP contribution in [0.25, 0.3) is 0 Å². The van der Waals surface area contributed by atoms with Gasteiger partial charge in [0.05, 0.1) is 12.0 Å². The van der Waals surface area contributed by atoms with Crippen LogP contribution in [0.2, 0.25) is 0 Å². The van der Waals surface area contributed by atoms with Crippen LogP contribution in [0.4, 0.5) is 0 Å². The zero-order valence-electron chi connectivity index (χ0n) is 5.72. The summed E-state index contributed by atoms with van der Waals surface area (Å²) in [5.74, 6) is -0.975. The molecule has 0 bridgehead atoms. The third-order valence-electron chi connectivity index (χ3n) is 0.584. The molecule has 2 radical (unpaired) electrons. The largest absolute Gasteiger partial charge is 0.481 e. The van der Waals surface area contributed by atoms with Crippen molar-refractivity contribution in [2.24, 2.45) is 0 Å². The van der Waals surface area contributed by atoms with Crippen molar-refractivity contribution in [2.45, 2.75) is 25.9 Å². The van der Waals surface area contributed by atoms with Crippen LogP contribution in [-0.4, -0.2) is 59.5 Å². The number of carboxylic acids is 1. The van der Waals surface area contributed by atoms with Crippen LogP contribution in [0.15, 0.2) is 0 Å². The molecule has 0 rings (SSSR count). The van der Waals surface area contributed by atoms with Gasteiger partial charge in [-0.2, -0.15) is 0 Å². The molecule has 0 aliphatic carbocycles. The van der Waals surface area contributed by atoms with E-state index in [4.69, 9.17) is 10.2 Å². The molecule has 0 aromatic carbocycles. The van der Waals surface area contributed by atoms with E-state index < -0.39 is 11.6 Å². The van der Waals surface area contributed by atoms with E-state index in [0.29, 0.717) is 0 Å². The van der Waals surface area contributed by atoms with E-state index in [9.17, 15) is 4.79 Å². The van der Waals surface area contributed by atoms with Crippen LogP contribution in [-0.2, 0) is 4.79 Å². The fourth-order valence-electron chi connectivity index (χ4n) is 0.370. The van der Waals surface area contributed by atoms with Crippen molar-refractivity contribution in [2.75, 3.05) is 0 Å². The molecule has 0 aliphatic heterocycles. The monoisotopic (exact) mass is 158 g/mol. The summed E-state index contributed by atoms with van der Waals surface area (Å²) in [6, 6.07) is 0. The van der Waals surface area contributed by atoms with Crippen LogP contribution < -0.4 is 0 Å². The van der Waals surface area contributed by atoms with Gasteiger partial charge in [0.2, 0.25) is 0 Å². The molecule has 2 N–H and O–H groups in total. The molecule has 9 heavy (non-hydrogen) atoms. The van der Waals surface area contributed by atoms with E-state index in [2.05, 4.69) is 0 Å².